The van der Waals surface area contributed by atoms with E-state index in [0.29, 0.717) is 0 Å². The van der Waals surface area contributed by atoms with Crippen molar-refractivity contribution in [3.05, 3.63) is 11.6 Å². The third-order valence-corrected chi connectivity index (χ3v) is 0.904. The van der Waals surface area contributed by atoms with Crippen molar-refractivity contribution in [2.45, 2.75) is 0 Å². The van der Waals surface area contributed by atoms with Crippen molar-refractivity contribution in [2.24, 2.45) is 0 Å². The second kappa shape index (κ2) is 4.49. The second-order valence-corrected chi connectivity index (χ2v) is 1.96. The van der Waals surface area contributed by atoms with Gasteiger partial charge in [-0.15, -0.1) is 0 Å². The van der Waals surface area contributed by atoms with Gasteiger partial charge in [0.25, 0.3) is 17.2 Å². The molecule has 1 unspecified atom stereocenters. The predicted octanol–water partition coefficient (Wildman–Crippen LogP) is -0.00820. The molecular formula is C3H4ClNO3S. The van der Waals surface area contributed by atoms with Crippen LogP contribution in [0.3, 0.4) is 0 Å². The molecule has 2 N–H and O–H groups in total. The highest BCUT2D eigenvalue weighted by molar-refractivity contribution is 7.77. The van der Waals surface area contributed by atoms with Crippen molar-refractivity contribution in [3.8, 4) is 0 Å². The quantitative estimate of drug-likeness (QED) is 0.452. The molecule has 0 aromatic rings. The van der Waals surface area contributed by atoms with E-state index in [9.17, 15) is 9.00 Å². The Morgan fingerprint density at radius 3 is 2.67 bits per heavy atom. The van der Waals surface area contributed by atoms with Crippen LogP contribution in [0.5, 0.6) is 0 Å². The summed E-state index contributed by atoms with van der Waals surface area (Å²) < 4.78 is 19.5. The fourth-order valence-corrected chi connectivity index (χ4v) is 0.532. The number of carbonyl (C=O) groups excluding carboxylic acids is 1. The molecule has 0 rings (SSSR count). The molecule has 0 aromatic carbocycles. The molecule has 0 heterocycles. The van der Waals surface area contributed by atoms with Crippen LogP contribution in [0.4, 0.5) is 0 Å². The van der Waals surface area contributed by atoms with Gasteiger partial charge in [-0.25, -0.2) is 8.93 Å². The number of rotatable bonds is 2. The normalized spacial score (nSPS) is 13.6. The maximum atomic E-state index is 10.2. The van der Waals surface area contributed by atoms with E-state index < -0.39 is 17.2 Å². The molecule has 0 spiro atoms. The van der Waals surface area contributed by atoms with Crippen LogP contribution >= 0.6 is 11.6 Å². The largest absolute Gasteiger partial charge is 0.289 e. The average molecular weight is 170 g/mol. The summed E-state index contributed by atoms with van der Waals surface area (Å²) in [5.74, 6) is -0.703. The number of nitrogens with one attached hydrogen (secondary N) is 1. The minimum atomic E-state index is -2.31. The minimum Gasteiger partial charge on any atom is -0.289 e. The molecule has 0 saturated heterocycles. The maximum Gasteiger partial charge on any atom is 0.261 e. The van der Waals surface area contributed by atoms with E-state index in [1.807, 2.05) is 0 Å². The first kappa shape index (κ1) is 8.61. The van der Waals surface area contributed by atoms with Crippen LogP contribution < -0.4 is 4.72 Å². The number of carbonyl (C=O) groups is 1. The number of hydrogen-bond acceptors (Lipinski definition) is 2. The monoisotopic (exact) mass is 169 g/mol. The zero-order valence-corrected chi connectivity index (χ0v) is 5.78. The van der Waals surface area contributed by atoms with E-state index >= 15 is 0 Å². The molecule has 0 aliphatic heterocycles. The fourth-order valence-electron chi connectivity index (χ4n) is 0.177. The molecule has 0 radical (unpaired) electrons. The summed E-state index contributed by atoms with van der Waals surface area (Å²) in [4.78, 5) is 10.2. The van der Waals surface area contributed by atoms with Gasteiger partial charge in [0, 0.05) is 11.6 Å². The van der Waals surface area contributed by atoms with Crippen LogP contribution in [0.15, 0.2) is 11.6 Å². The Morgan fingerprint density at radius 1 is 1.78 bits per heavy atom. The number of amides is 1. The summed E-state index contributed by atoms with van der Waals surface area (Å²) in [5, 5.41) is 0. The highest BCUT2D eigenvalue weighted by Gasteiger charge is 1.95. The van der Waals surface area contributed by atoms with E-state index in [0.717, 1.165) is 11.6 Å². The number of hydrogen-bond donors (Lipinski definition) is 2. The van der Waals surface area contributed by atoms with Gasteiger partial charge in [0.15, 0.2) is 0 Å². The fraction of sp³-hybridized carbons (Fsp3) is 0. The van der Waals surface area contributed by atoms with E-state index in [1.54, 1.807) is 4.72 Å². The van der Waals surface area contributed by atoms with Gasteiger partial charge in [0.1, 0.15) is 0 Å². The van der Waals surface area contributed by atoms with Gasteiger partial charge in [0.2, 0.25) is 0 Å². The molecule has 1 amide bonds. The molecule has 0 aliphatic rings. The first-order chi connectivity index (χ1) is 4.16. The smallest absolute Gasteiger partial charge is 0.261 e. The van der Waals surface area contributed by atoms with Crippen LogP contribution in [-0.2, 0) is 16.1 Å². The zero-order valence-electron chi connectivity index (χ0n) is 4.20. The van der Waals surface area contributed by atoms with Gasteiger partial charge in [-0.1, -0.05) is 11.6 Å². The predicted molar refractivity (Wildman–Crippen MR) is 33.9 cm³/mol. The lowest BCUT2D eigenvalue weighted by Crippen LogP contribution is -2.22. The molecule has 1 atom stereocenters. The summed E-state index contributed by atoms with van der Waals surface area (Å²) >= 11 is 2.65. The Bertz CT molecular complexity index is 157. The Hall–Kier alpha value is -0.390. The summed E-state index contributed by atoms with van der Waals surface area (Å²) in [5.41, 5.74) is 0.947. The van der Waals surface area contributed by atoms with Crippen molar-refractivity contribution in [2.75, 3.05) is 0 Å². The van der Waals surface area contributed by atoms with Crippen LogP contribution in [-0.4, -0.2) is 14.7 Å². The van der Waals surface area contributed by atoms with Gasteiger partial charge in [-0.05, 0) is 0 Å². The van der Waals surface area contributed by atoms with E-state index in [-0.39, 0.29) is 0 Å². The van der Waals surface area contributed by atoms with Crippen LogP contribution in [0.2, 0.25) is 0 Å². The SMILES string of the molecule is O=C(C=CCl)NS(=O)O. The third-order valence-electron chi connectivity index (χ3n) is 0.402. The summed E-state index contributed by atoms with van der Waals surface area (Å²) in [6.45, 7) is 0. The first-order valence-electron chi connectivity index (χ1n) is 1.85. The maximum absolute atomic E-state index is 10.2. The molecule has 52 valence electrons. The standard InChI is InChI=1S/C3H4ClNO3S/c4-2-1-3(6)5-9(7)8/h1-2H,(H,5,6)(H,7,8). The lowest BCUT2D eigenvalue weighted by molar-refractivity contribution is -0.114. The van der Waals surface area contributed by atoms with Crippen molar-refractivity contribution >= 4 is 28.8 Å². The summed E-state index contributed by atoms with van der Waals surface area (Å²) in [7, 11) is 0. The Kier molecular flexibility index (Phi) is 4.29. The van der Waals surface area contributed by atoms with Crippen molar-refractivity contribution in [1.29, 1.82) is 0 Å². The Morgan fingerprint density at radius 2 is 2.33 bits per heavy atom. The molecule has 4 nitrogen and oxygen atoms in total. The molecule has 0 fully saturated rings. The van der Waals surface area contributed by atoms with E-state index in [1.165, 1.54) is 0 Å². The lowest BCUT2D eigenvalue weighted by atomic mass is 10.6. The van der Waals surface area contributed by atoms with Crippen molar-refractivity contribution in [3.63, 3.8) is 0 Å². The summed E-state index contributed by atoms with van der Waals surface area (Å²) in [6.07, 6.45) is 0.926. The van der Waals surface area contributed by atoms with Crippen molar-refractivity contribution in [1.82, 2.24) is 4.72 Å². The first-order valence-corrected chi connectivity index (χ1v) is 3.39. The van der Waals surface area contributed by atoms with Crippen LogP contribution in [0.25, 0.3) is 0 Å². The third kappa shape index (κ3) is 5.48. The van der Waals surface area contributed by atoms with Crippen LogP contribution in [0.1, 0.15) is 0 Å². The minimum absolute atomic E-state index is 0.703. The van der Waals surface area contributed by atoms with Gasteiger partial charge < -0.3 is 0 Å². The van der Waals surface area contributed by atoms with Gasteiger partial charge in [-0.2, -0.15) is 0 Å². The second-order valence-electron chi connectivity index (χ2n) is 1.01. The van der Waals surface area contributed by atoms with Gasteiger partial charge in [0.05, 0.1) is 0 Å². The highest BCUT2D eigenvalue weighted by Crippen LogP contribution is 1.77. The topological polar surface area (TPSA) is 66.4 Å². The van der Waals surface area contributed by atoms with Crippen LogP contribution in [0, 0.1) is 0 Å². The Labute approximate surface area is 59.3 Å². The molecular weight excluding hydrogens is 166 g/mol. The van der Waals surface area contributed by atoms with Gasteiger partial charge >= 0.3 is 0 Å². The van der Waals surface area contributed by atoms with Crippen molar-refractivity contribution < 1.29 is 13.6 Å². The molecule has 0 aromatic heterocycles. The Balaban J connectivity index is 3.64. The number of halogens is 1. The molecule has 0 saturated carbocycles. The summed E-state index contributed by atoms with van der Waals surface area (Å²) in [6, 6.07) is 0. The zero-order chi connectivity index (χ0) is 7.28. The van der Waals surface area contributed by atoms with E-state index in [4.69, 9.17) is 16.2 Å². The molecule has 6 heteroatoms. The van der Waals surface area contributed by atoms with Gasteiger partial charge in [-0.3, -0.25) is 9.35 Å². The lowest BCUT2D eigenvalue weighted by Gasteiger charge is -1.89. The molecule has 0 aliphatic carbocycles. The highest BCUT2D eigenvalue weighted by atomic mass is 35.5. The average Bonchev–Trinajstić information content (AvgIpc) is 1.63. The molecule has 9 heavy (non-hydrogen) atoms. The molecule has 0 bridgehead atoms. The van der Waals surface area contributed by atoms with E-state index in [2.05, 4.69) is 0 Å².